The fourth-order valence-corrected chi connectivity index (χ4v) is 2.85. The molecule has 0 aromatic heterocycles. The molecule has 2 aromatic rings. The lowest BCUT2D eigenvalue weighted by Crippen LogP contribution is -2.34. The van der Waals surface area contributed by atoms with Gasteiger partial charge in [-0.15, -0.1) is 0 Å². The van der Waals surface area contributed by atoms with Crippen LogP contribution in [0.1, 0.15) is 22.0 Å². The summed E-state index contributed by atoms with van der Waals surface area (Å²) in [6.07, 6.45) is 0. The maximum atomic E-state index is 12.3. The second-order valence-electron chi connectivity index (χ2n) is 5.50. The van der Waals surface area contributed by atoms with Gasteiger partial charge >= 0.3 is 0 Å². The van der Waals surface area contributed by atoms with Gasteiger partial charge in [0.05, 0.1) is 6.04 Å². The van der Waals surface area contributed by atoms with Gasteiger partial charge in [-0.1, -0.05) is 42.1 Å². The first kappa shape index (κ1) is 18.4. The van der Waals surface area contributed by atoms with Crippen molar-refractivity contribution in [3.8, 4) is 0 Å². The summed E-state index contributed by atoms with van der Waals surface area (Å²) in [6.45, 7) is 0.462. The van der Waals surface area contributed by atoms with Crippen LogP contribution in [0.15, 0.2) is 59.5 Å². The summed E-state index contributed by atoms with van der Waals surface area (Å²) < 4.78 is 24.6. The lowest BCUT2D eigenvalue weighted by molar-refractivity contribution is 0.0942. The van der Waals surface area contributed by atoms with Crippen LogP contribution >= 0.6 is 11.8 Å². The molecule has 6 heteroatoms. The predicted octanol–water partition coefficient (Wildman–Crippen LogP) is 4.03. The topological polar surface area (TPSA) is 32.3 Å². The normalized spacial score (nSPS) is 12.4. The minimum atomic E-state index is -2.46. The molecule has 128 valence electrons. The smallest absolute Gasteiger partial charge is 0.288 e. The highest BCUT2D eigenvalue weighted by Crippen LogP contribution is 2.25. The van der Waals surface area contributed by atoms with Gasteiger partial charge in [-0.05, 0) is 43.9 Å². The molecule has 0 radical (unpaired) electrons. The van der Waals surface area contributed by atoms with Crippen molar-refractivity contribution in [3.63, 3.8) is 0 Å². The molecule has 2 aromatic carbocycles. The van der Waals surface area contributed by atoms with Crippen LogP contribution in [0.3, 0.4) is 0 Å². The van der Waals surface area contributed by atoms with Gasteiger partial charge in [0.15, 0.2) is 0 Å². The zero-order valence-corrected chi connectivity index (χ0v) is 14.4. The standard InChI is InChI=1S/C18H20F2N2OS/c1-22(2)16(13-6-4-3-5-7-13)12-21-17(23)14-8-10-15(11-9-14)24-18(19)20/h3-11,16,18H,12H2,1-2H3,(H,21,23). The summed E-state index contributed by atoms with van der Waals surface area (Å²) in [5.74, 6) is -2.68. The second kappa shape index (κ2) is 8.80. The Hall–Kier alpha value is -1.92. The Balaban J connectivity index is 1.98. The monoisotopic (exact) mass is 350 g/mol. The molecule has 0 spiro atoms. The zero-order valence-electron chi connectivity index (χ0n) is 13.6. The highest BCUT2D eigenvalue weighted by atomic mass is 32.2. The molecular formula is C18H20F2N2OS. The van der Waals surface area contributed by atoms with Crippen LogP contribution < -0.4 is 5.32 Å². The number of alkyl halides is 2. The summed E-state index contributed by atoms with van der Waals surface area (Å²) in [5, 5.41) is 2.90. The molecule has 1 unspecified atom stereocenters. The number of rotatable bonds is 7. The molecule has 24 heavy (non-hydrogen) atoms. The lowest BCUT2D eigenvalue weighted by atomic mass is 10.1. The van der Waals surface area contributed by atoms with Crippen molar-refractivity contribution >= 4 is 17.7 Å². The zero-order chi connectivity index (χ0) is 17.5. The Labute approximate surface area is 145 Å². The molecular weight excluding hydrogens is 330 g/mol. The molecule has 1 atom stereocenters. The molecule has 0 saturated carbocycles. The van der Waals surface area contributed by atoms with Gasteiger partial charge in [-0.2, -0.15) is 8.78 Å². The molecule has 0 aliphatic rings. The van der Waals surface area contributed by atoms with Gasteiger partial charge in [-0.25, -0.2) is 0 Å². The number of nitrogens with zero attached hydrogens (tertiary/aromatic N) is 1. The number of halogens is 2. The summed E-state index contributed by atoms with van der Waals surface area (Å²) in [4.78, 5) is 14.7. The summed E-state index contributed by atoms with van der Waals surface area (Å²) in [5.41, 5.74) is 1.57. The van der Waals surface area contributed by atoms with Crippen LogP contribution in [0.25, 0.3) is 0 Å². The van der Waals surface area contributed by atoms with Crippen LogP contribution in [-0.2, 0) is 0 Å². The highest BCUT2D eigenvalue weighted by molar-refractivity contribution is 7.99. The summed E-state index contributed by atoms with van der Waals surface area (Å²) >= 11 is 0.467. The van der Waals surface area contributed by atoms with Crippen molar-refractivity contribution < 1.29 is 13.6 Å². The van der Waals surface area contributed by atoms with Gasteiger partial charge in [0.1, 0.15) is 0 Å². The fourth-order valence-electron chi connectivity index (χ4n) is 2.35. The molecule has 0 aliphatic heterocycles. The lowest BCUT2D eigenvalue weighted by Gasteiger charge is -2.25. The van der Waals surface area contributed by atoms with E-state index in [1.807, 2.05) is 49.3 Å². The van der Waals surface area contributed by atoms with Gasteiger partial charge in [0.2, 0.25) is 0 Å². The number of carbonyl (C=O) groups is 1. The van der Waals surface area contributed by atoms with Crippen molar-refractivity contribution in [3.05, 3.63) is 65.7 Å². The number of hydrogen-bond acceptors (Lipinski definition) is 3. The maximum Gasteiger partial charge on any atom is 0.288 e. The largest absolute Gasteiger partial charge is 0.350 e. The second-order valence-corrected chi connectivity index (χ2v) is 6.57. The minimum absolute atomic E-state index is 0.0591. The van der Waals surface area contributed by atoms with Gasteiger partial charge in [-0.3, -0.25) is 4.79 Å². The van der Waals surface area contributed by atoms with E-state index in [0.717, 1.165) is 5.56 Å². The van der Waals surface area contributed by atoms with E-state index in [9.17, 15) is 13.6 Å². The number of carbonyl (C=O) groups excluding carboxylic acids is 1. The molecule has 1 N–H and O–H groups in total. The van der Waals surface area contributed by atoms with Crippen LogP contribution in [0.5, 0.6) is 0 Å². The average molecular weight is 350 g/mol. The first-order valence-corrected chi connectivity index (χ1v) is 8.40. The van der Waals surface area contributed by atoms with Crippen LogP contribution in [0.2, 0.25) is 0 Å². The Morgan fingerprint density at radius 1 is 1.08 bits per heavy atom. The number of thioether (sulfide) groups is 1. The van der Waals surface area contributed by atoms with Gasteiger partial charge in [0, 0.05) is 17.0 Å². The molecule has 2 rings (SSSR count). The molecule has 0 aliphatic carbocycles. The predicted molar refractivity (Wildman–Crippen MR) is 93.5 cm³/mol. The van der Waals surface area contributed by atoms with Gasteiger partial charge < -0.3 is 10.2 Å². The van der Waals surface area contributed by atoms with Crippen molar-refractivity contribution in [1.29, 1.82) is 0 Å². The number of benzene rings is 2. The van der Waals surface area contributed by atoms with Crippen molar-refractivity contribution in [1.82, 2.24) is 10.2 Å². The van der Waals surface area contributed by atoms with Gasteiger partial charge in [0.25, 0.3) is 11.7 Å². The summed E-state index contributed by atoms with van der Waals surface area (Å²) in [6, 6.07) is 16.2. The first-order chi connectivity index (χ1) is 11.5. The molecule has 3 nitrogen and oxygen atoms in total. The Morgan fingerprint density at radius 2 is 1.71 bits per heavy atom. The van der Waals surface area contributed by atoms with Crippen molar-refractivity contribution in [2.45, 2.75) is 16.7 Å². The van der Waals surface area contributed by atoms with E-state index < -0.39 is 5.76 Å². The molecule has 0 heterocycles. The Kier molecular flexibility index (Phi) is 6.75. The van der Waals surface area contributed by atoms with E-state index in [4.69, 9.17) is 0 Å². The minimum Gasteiger partial charge on any atom is -0.350 e. The highest BCUT2D eigenvalue weighted by Gasteiger charge is 2.15. The third kappa shape index (κ3) is 5.32. The van der Waals surface area contributed by atoms with E-state index >= 15 is 0 Å². The Morgan fingerprint density at radius 3 is 2.25 bits per heavy atom. The third-order valence-corrected chi connectivity index (χ3v) is 4.33. The fraction of sp³-hybridized carbons (Fsp3) is 0.278. The van der Waals surface area contributed by atoms with E-state index in [2.05, 4.69) is 5.32 Å². The van der Waals surface area contributed by atoms with E-state index in [1.165, 1.54) is 12.1 Å². The SMILES string of the molecule is CN(C)C(CNC(=O)c1ccc(SC(F)F)cc1)c1ccccc1. The molecule has 1 amide bonds. The maximum absolute atomic E-state index is 12.3. The van der Waals surface area contributed by atoms with E-state index in [-0.39, 0.29) is 11.9 Å². The number of nitrogens with one attached hydrogen (secondary N) is 1. The first-order valence-electron chi connectivity index (χ1n) is 7.52. The van der Waals surface area contributed by atoms with Crippen LogP contribution in [0, 0.1) is 0 Å². The van der Waals surface area contributed by atoms with E-state index in [1.54, 1.807) is 12.1 Å². The quantitative estimate of drug-likeness (QED) is 0.765. The number of amides is 1. The number of likely N-dealkylation sites (N-methyl/N-ethyl adjacent to an activating group) is 1. The average Bonchev–Trinajstić information content (AvgIpc) is 2.55. The third-order valence-electron chi connectivity index (χ3n) is 3.61. The molecule has 0 saturated heterocycles. The molecule has 0 fully saturated rings. The van der Waals surface area contributed by atoms with E-state index in [0.29, 0.717) is 28.8 Å². The Bertz CT molecular complexity index is 648. The summed E-state index contributed by atoms with van der Waals surface area (Å²) in [7, 11) is 3.92. The van der Waals surface area contributed by atoms with Crippen LogP contribution in [0.4, 0.5) is 8.78 Å². The van der Waals surface area contributed by atoms with Crippen molar-refractivity contribution in [2.24, 2.45) is 0 Å². The number of hydrogen-bond donors (Lipinski definition) is 1. The van der Waals surface area contributed by atoms with Crippen molar-refractivity contribution in [2.75, 3.05) is 20.6 Å². The van der Waals surface area contributed by atoms with Crippen LogP contribution in [-0.4, -0.2) is 37.2 Å². The molecule has 0 bridgehead atoms.